The van der Waals surface area contributed by atoms with E-state index >= 15 is 0 Å². The predicted molar refractivity (Wildman–Crippen MR) is 102 cm³/mol. The van der Waals surface area contributed by atoms with Gasteiger partial charge in [0, 0.05) is 58.9 Å². The number of carbonyl (C=O) groups excluding carboxylic acids is 2. The number of piperazine rings is 1. The number of halogens is 1. The van der Waals surface area contributed by atoms with Gasteiger partial charge in [-0.15, -0.1) is 0 Å². The number of nitrogens with zero attached hydrogens (tertiary/aromatic N) is 3. The van der Waals surface area contributed by atoms with Crippen molar-refractivity contribution in [2.75, 3.05) is 58.7 Å². The van der Waals surface area contributed by atoms with Crippen LogP contribution >= 0.6 is 0 Å². The van der Waals surface area contributed by atoms with Crippen LogP contribution < -0.4 is 5.32 Å². The number of hydrogen-bond donors (Lipinski definition) is 2. The number of carbonyl (C=O) groups is 3. The topological polar surface area (TPSA) is 93.2 Å². The molecule has 0 radical (unpaired) electrons. The van der Waals surface area contributed by atoms with Crippen molar-refractivity contribution in [1.82, 2.24) is 14.7 Å². The molecular formula is C19H27FN4O4. The lowest BCUT2D eigenvalue weighted by Gasteiger charge is -2.35. The summed E-state index contributed by atoms with van der Waals surface area (Å²) >= 11 is 0. The van der Waals surface area contributed by atoms with E-state index in [0.717, 1.165) is 0 Å². The quantitative estimate of drug-likeness (QED) is 0.669. The number of carboxylic acids is 1. The summed E-state index contributed by atoms with van der Waals surface area (Å²) in [5, 5.41) is 12.1. The minimum absolute atomic E-state index is 0.0364. The van der Waals surface area contributed by atoms with E-state index in [-0.39, 0.29) is 18.9 Å². The molecule has 2 N–H and O–H groups in total. The molecule has 28 heavy (non-hydrogen) atoms. The van der Waals surface area contributed by atoms with Crippen molar-refractivity contribution >= 4 is 23.5 Å². The molecule has 1 fully saturated rings. The molecule has 1 heterocycles. The van der Waals surface area contributed by atoms with E-state index in [9.17, 15) is 23.9 Å². The van der Waals surface area contributed by atoms with E-state index in [1.165, 1.54) is 24.3 Å². The highest BCUT2D eigenvalue weighted by Crippen LogP contribution is 2.13. The van der Waals surface area contributed by atoms with E-state index in [1.807, 2.05) is 9.80 Å². The highest BCUT2D eigenvalue weighted by atomic mass is 19.1. The van der Waals surface area contributed by atoms with Crippen LogP contribution in [-0.2, 0) is 14.4 Å². The second-order valence-electron chi connectivity index (χ2n) is 7.16. The van der Waals surface area contributed by atoms with Crippen molar-refractivity contribution in [2.24, 2.45) is 5.92 Å². The van der Waals surface area contributed by atoms with Crippen LogP contribution in [0, 0.1) is 11.7 Å². The molecule has 0 unspecified atom stereocenters. The Morgan fingerprint density at radius 1 is 1.11 bits per heavy atom. The summed E-state index contributed by atoms with van der Waals surface area (Å²) in [5.41, 5.74) is 0.426. The number of nitrogens with one attached hydrogen (secondary N) is 1. The maximum Gasteiger partial charge on any atom is 0.308 e. The monoisotopic (exact) mass is 394 g/mol. The molecule has 8 nitrogen and oxygen atoms in total. The summed E-state index contributed by atoms with van der Waals surface area (Å²) in [4.78, 5) is 41.1. The van der Waals surface area contributed by atoms with Crippen LogP contribution in [-0.4, -0.2) is 91.0 Å². The number of aliphatic carboxylic acids is 1. The van der Waals surface area contributed by atoms with Crippen LogP contribution in [0.2, 0.25) is 0 Å². The van der Waals surface area contributed by atoms with E-state index in [4.69, 9.17) is 0 Å². The minimum Gasteiger partial charge on any atom is -0.481 e. The Morgan fingerprint density at radius 2 is 1.68 bits per heavy atom. The smallest absolute Gasteiger partial charge is 0.308 e. The summed E-state index contributed by atoms with van der Waals surface area (Å²) in [6, 6.07) is 5.31. The van der Waals surface area contributed by atoms with Gasteiger partial charge in [-0.3, -0.25) is 24.2 Å². The molecule has 1 aliphatic rings. The van der Waals surface area contributed by atoms with Gasteiger partial charge in [-0.2, -0.15) is 0 Å². The molecule has 0 aliphatic carbocycles. The van der Waals surface area contributed by atoms with Crippen molar-refractivity contribution in [3.8, 4) is 0 Å². The average molecular weight is 394 g/mol. The largest absolute Gasteiger partial charge is 0.481 e. The van der Waals surface area contributed by atoms with Crippen molar-refractivity contribution in [2.45, 2.75) is 6.42 Å². The highest BCUT2D eigenvalue weighted by molar-refractivity contribution is 5.93. The second-order valence-corrected chi connectivity index (χ2v) is 7.16. The Morgan fingerprint density at radius 3 is 2.21 bits per heavy atom. The van der Waals surface area contributed by atoms with Gasteiger partial charge in [0.1, 0.15) is 5.82 Å². The first-order chi connectivity index (χ1) is 13.2. The normalized spacial score (nSPS) is 16.4. The van der Waals surface area contributed by atoms with Crippen molar-refractivity contribution in [1.29, 1.82) is 0 Å². The fourth-order valence-electron chi connectivity index (χ4n) is 2.97. The molecule has 1 aromatic rings. The Balaban J connectivity index is 1.81. The zero-order valence-electron chi connectivity index (χ0n) is 16.2. The Hall–Kier alpha value is -2.52. The number of rotatable bonds is 8. The molecule has 0 spiro atoms. The molecule has 1 atom stereocenters. The number of benzene rings is 1. The fraction of sp³-hybridized carbons (Fsp3) is 0.526. The van der Waals surface area contributed by atoms with Gasteiger partial charge in [0.25, 0.3) is 0 Å². The number of likely N-dealkylation sites (N-methyl/N-ethyl adjacent to an activating group) is 1. The zero-order chi connectivity index (χ0) is 20.7. The summed E-state index contributed by atoms with van der Waals surface area (Å²) in [5.74, 6) is -2.66. The Kier molecular flexibility index (Phi) is 7.89. The third-order valence-electron chi connectivity index (χ3n) is 4.71. The molecule has 1 saturated heterocycles. The molecule has 1 aromatic carbocycles. The van der Waals surface area contributed by atoms with Crippen molar-refractivity contribution in [3.05, 3.63) is 30.1 Å². The average Bonchev–Trinajstić information content (AvgIpc) is 2.64. The molecule has 0 bridgehead atoms. The maximum absolute atomic E-state index is 12.9. The minimum atomic E-state index is -1.03. The fourth-order valence-corrected chi connectivity index (χ4v) is 2.97. The van der Waals surface area contributed by atoms with Gasteiger partial charge in [0.15, 0.2) is 0 Å². The van der Waals surface area contributed by atoms with Gasteiger partial charge >= 0.3 is 5.97 Å². The first kappa shape index (κ1) is 21.8. The van der Waals surface area contributed by atoms with Crippen LogP contribution in [0.25, 0.3) is 0 Å². The van der Waals surface area contributed by atoms with E-state index < -0.39 is 23.6 Å². The summed E-state index contributed by atoms with van der Waals surface area (Å²) in [6.07, 6.45) is -0.161. The molecule has 2 rings (SSSR count). The van der Waals surface area contributed by atoms with Crippen LogP contribution in [0.1, 0.15) is 6.42 Å². The van der Waals surface area contributed by atoms with Gasteiger partial charge in [0.05, 0.1) is 12.5 Å². The van der Waals surface area contributed by atoms with E-state index in [1.54, 1.807) is 19.0 Å². The van der Waals surface area contributed by atoms with Gasteiger partial charge in [-0.05, 0) is 24.3 Å². The van der Waals surface area contributed by atoms with Crippen molar-refractivity contribution < 1.29 is 23.9 Å². The second kappa shape index (κ2) is 10.1. The Bertz CT molecular complexity index is 688. The lowest BCUT2D eigenvalue weighted by molar-refractivity contribution is -0.144. The molecule has 2 amide bonds. The number of amides is 2. The molecule has 0 aromatic heterocycles. The van der Waals surface area contributed by atoms with Crippen LogP contribution in [0.5, 0.6) is 0 Å². The molecule has 9 heteroatoms. The Labute approximate surface area is 163 Å². The predicted octanol–water partition coefficient (Wildman–Crippen LogP) is 0.561. The molecule has 1 aliphatic heterocycles. The van der Waals surface area contributed by atoms with E-state index in [0.29, 0.717) is 38.4 Å². The van der Waals surface area contributed by atoms with Crippen molar-refractivity contribution in [3.63, 3.8) is 0 Å². The summed E-state index contributed by atoms with van der Waals surface area (Å²) in [6.45, 7) is 3.25. The van der Waals surface area contributed by atoms with Crippen LogP contribution in [0.3, 0.4) is 0 Å². The summed E-state index contributed by atoms with van der Waals surface area (Å²) in [7, 11) is 3.43. The third kappa shape index (κ3) is 6.90. The van der Waals surface area contributed by atoms with Gasteiger partial charge in [-0.25, -0.2) is 4.39 Å². The van der Waals surface area contributed by atoms with Gasteiger partial charge < -0.3 is 15.3 Å². The highest BCUT2D eigenvalue weighted by Gasteiger charge is 2.27. The molecule has 154 valence electrons. The molecular weight excluding hydrogens is 367 g/mol. The lowest BCUT2D eigenvalue weighted by Crippen LogP contribution is -2.50. The SMILES string of the molecule is CN(C)C(=O)CN1CCN(C[C@H](CC(=O)Nc2ccc(F)cc2)C(=O)O)CC1. The number of hydrogen-bond acceptors (Lipinski definition) is 5. The molecule has 0 saturated carbocycles. The van der Waals surface area contributed by atoms with Crippen LogP contribution in [0.4, 0.5) is 10.1 Å². The summed E-state index contributed by atoms with van der Waals surface area (Å²) < 4.78 is 12.9. The van der Waals surface area contributed by atoms with Gasteiger partial charge in [-0.1, -0.05) is 0 Å². The maximum atomic E-state index is 12.9. The first-order valence-electron chi connectivity index (χ1n) is 9.17. The van der Waals surface area contributed by atoms with Gasteiger partial charge in [0.2, 0.25) is 11.8 Å². The standard InChI is InChI=1S/C19H27FN4O4/c1-22(2)18(26)13-24-9-7-23(8-10-24)12-14(19(27)28)11-17(25)21-16-5-3-15(20)4-6-16/h3-6,14H,7-13H2,1-2H3,(H,21,25)(H,27,28)/t14-/m0/s1. The lowest BCUT2D eigenvalue weighted by atomic mass is 10.0. The third-order valence-corrected chi connectivity index (χ3v) is 4.71. The first-order valence-corrected chi connectivity index (χ1v) is 9.17. The number of carboxylic acid groups (broad SMARTS) is 1. The van der Waals surface area contributed by atoms with E-state index in [2.05, 4.69) is 5.32 Å². The number of anilines is 1. The zero-order valence-corrected chi connectivity index (χ0v) is 16.2. The van der Waals surface area contributed by atoms with Crippen LogP contribution in [0.15, 0.2) is 24.3 Å².